The number of halogens is 1. The number of urea groups is 1. The molecule has 31 heavy (non-hydrogen) atoms. The highest BCUT2D eigenvalue weighted by Gasteiger charge is 2.26. The van der Waals surface area contributed by atoms with Gasteiger partial charge in [-0.3, -0.25) is 9.97 Å². The Labute approximate surface area is 182 Å². The van der Waals surface area contributed by atoms with E-state index in [0.29, 0.717) is 35.5 Å². The Balaban J connectivity index is 1.61. The van der Waals surface area contributed by atoms with E-state index in [4.69, 9.17) is 0 Å². The summed E-state index contributed by atoms with van der Waals surface area (Å²) in [6.45, 7) is 0. The molecule has 1 aliphatic carbocycles. The Morgan fingerprint density at radius 1 is 1.16 bits per heavy atom. The van der Waals surface area contributed by atoms with E-state index in [-0.39, 0.29) is 10.8 Å². The summed E-state index contributed by atoms with van der Waals surface area (Å²) in [5.41, 5.74) is 3.17. The van der Waals surface area contributed by atoms with Crippen LogP contribution < -0.4 is 14.9 Å². The van der Waals surface area contributed by atoms with E-state index >= 15 is 0 Å². The standard InChI is InChI=1S/C21H21FN6O2S/c1-28(2)18-11-24-12-19(25-18)31(30)27-21(29)26-20-15-5-3-4-14(15)17(22)10-16(20)13-6-8-23-9-7-13/h6-12H,3-5H2,1-2H3,(H2,26,27,29). The van der Waals surface area contributed by atoms with Gasteiger partial charge in [-0.15, -0.1) is 4.72 Å². The maximum Gasteiger partial charge on any atom is 0.361 e. The third-order valence-corrected chi connectivity index (χ3v) is 5.96. The maximum atomic E-state index is 14.7. The molecule has 4 rings (SSSR count). The summed E-state index contributed by atoms with van der Waals surface area (Å²) in [5, 5.41) is 2.91. The predicted octanol–water partition coefficient (Wildman–Crippen LogP) is 3.08. The number of hydrogen-bond donors (Lipinski definition) is 2. The zero-order chi connectivity index (χ0) is 22.0. The van der Waals surface area contributed by atoms with Gasteiger partial charge in [-0.05, 0) is 54.2 Å². The first-order chi connectivity index (χ1) is 14.9. The van der Waals surface area contributed by atoms with Crippen molar-refractivity contribution in [1.29, 1.82) is 0 Å². The molecular weight excluding hydrogens is 419 g/mol. The van der Waals surface area contributed by atoms with Crippen LogP contribution in [-0.4, -0.2) is 39.6 Å². The van der Waals surface area contributed by atoms with Crippen molar-refractivity contribution in [1.82, 2.24) is 19.7 Å². The number of pyridine rings is 1. The number of rotatable bonds is 5. The molecule has 1 atom stereocenters. The Kier molecular flexibility index (Phi) is 6.01. The second kappa shape index (κ2) is 8.86. The summed E-state index contributed by atoms with van der Waals surface area (Å²) < 4.78 is 29.7. The number of benzene rings is 1. The molecule has 2 amide bonds. The van der Waals surface area contributed by atoms with Crippen LogP contribution in [0.4, 0.5) is 20.7 Å². The van der Waals surface area contributed by atoms with Crippen LogP contribution >= 0.6 is 0 Å². The van der Waals surface area contributed by atoms with Crippen molar-refractivity contribution in [2.24, 2.45) is 0 Å². The van der Waals surface area contributed by atoms with Crippen LogP contribution in [0.3, 0.4) is 0 Å². The predicted molar refractivity (Wildman–Crippen MR) is 117 cm³/mol. The summed E-state index contributed by atoms with van der Waals surface area (Å²) in [6, 6.07) is 4.25. The van der Waals surface area contributed by atoms with Gasteiger partial charge < -0.3 is 14.8 Å². The highest BCUT2D eigenvalue weighted by Crippen LogP contribution is 2.39. The molecule has 1 unspecified atom stereocenters. The van der Waals surface area contributed by atoms with Crippen LogP contribution in [0.1, 0.15) is 17.5 Å². The fourth-order valence-corrected chi connectivity index (χ4v) is 4.21. The number of aromatic nitrogens is 3. The Morgan fingerprint density at radius 2 is 1.90 bits per heavy atom. The molecular formula is C21H21FN6O2S. The number of hydrogen-bond acceptors (Lipinski definition) is 6. The lowest BCUT2D eigenvalue weighted by atomic mass is 9.97. The molecule has 0 fully saturated rings. The highest BCUT2D eigenvalue weighted by atomic mass is 32.2. The van der Waals surface area contributed by atoms with Gasteiger partial charge in [0.1, 0.15) is 23.4 Å². The highest BCUT2D eigenvalue weighted by molar-refractivity contribution is 7.90. The van der Waals surface area contributed by atoms with Gasteiger partial charge in [0.15, 0.2) is 5.82 Å². The van der Waals surface area contributed by atoms with Gasteiger partial charge in [-0.1, -0.05) is 0 Å². The first-order valence-electron chi connectivity index (χ1n) is 9.67. The van der Waals surface area contributed by atoms with E-state index in [1.165, 1.54) is 18.5 Å². The third-order valence-electron chi connectivity index (χ3n) is 5.01. The molecule has 10 heteroatoms. The maximum absolute atomic E-state index is 14.7. The zero-order valence-electron chi connectivity index (χ0n) is 17.1. The van der Waals surface area contributed by atoms with Gasteiger partial charge in [0.25, 0.3) is 5.03 Å². The molecule has 0 aliphatic heterocycles. The molecule has 2 N–H and O–H groups in total. The van der Waals surface area contributed by atoms with E-state index < -0.39 is 17.4 Å². The monoisotopic (exact) mass is 440 g/mol. The van der Waals surface area contributed by atoms with E-state index in [9.17, 15) is 13.7 Å². The van der Waals surface area contributed by atoms with Gasteiger partial charge in [0.2, 0.25) is 0 Å². The molecule has 1 aromatic carbocycles. The number of carbonyl (C=O) groups is 1. The van der Waals surface area contributed by atoms with Crippen molar-refractivity contribution >= 4 is 28.9 Å². The number of nitrogens with zero attached hydrogens (tertiary/aromatic N) is 4. The molecule has 2 aromatic heterocycles. The molecule has 0 bridgehead atoms. The lowest BCUT2D eigenvalue weighted by Crippen LogP contribution is -2.35. The van der Waals surface area contributed by atoms with Crippen molar-refractivity contribution in [3.63, 3.8) is 0 Å². The van der Waals surface area contributed by atoms with Crippen molar-refractivity contribution < 1.29 is 13.7 Å². The normalized spacial score (nSPS) is 13.4. The largest absolute Gasteiger partial charge is 0.586 e. The minimum Gasteiger partial charge on any atom is -0.586 e. The van der Waals surface area contributed by atoms with E-state index in [0.717, 1.165) is 17.5 Å². The summed E-state index contributed by atoms with van der Waals surface area (Å²) in [7, 11) is 3.57. The zero-order valence-corrected chi connectivity index (χ0v) is 17.9. The van der Waals surface area contributed by atoms with Gasteiger partial charge in [-0.2, -0.15) is 4.98 Å². The van der Waals surface area contributed by atoms with Crippen LogP contribution in [0.5, 0.6) is 0 Å². The van der Waals surface area contributed by atoms with Crippen LogP contribution in [0.2, 0.25) is 0 Å². The average Bonchev–Trinajstić information content (AvgIpc) is 3.27. The lowest BCUT2D eigenvalue weighted by Gasteiger charge is -2.18. The SMILES string of the molecule is CN(C)c1cncc([S+]([O-])NC(=O)Nc2c(-c3ccncc3)cc(F)c3c2CCC3)n1. The first kappa shape index (κ1) is 21.0. The van der Waals surface area contributed by atoms with Crippen molar-refractivity contribution in [2.45, 2.75) is 24.3 Å². The fraction of sp³-hybridized carbons (Fsp3) is 0.238. The van der Waals surface area contributed by atoms with Crippen LogP contribution in [-0.2, 0) is 24.2 Å². The summed E-state index contributed by atoms with van der Waals surface area (Å²) in [4.78, 5) is 26.7. The molecule has 1 aliphatic rings. The number of nitrogens with one attached hydrogen (secondary N) is 2. The Morgan fingerprint density at radius 3 is 2.65 bits per heavy atom. The number of amides is 2. The molecule has 0 saturated heterocycles. The number of carbonyl (C=O) groups excluding carboxylic acids is 1. The lowest BCUT2D eigenvalue weighted by molar-refractivity contribution is 0.256. The minimum atomic E-state index is -1.91. The number of fused-ring (bicyclic) bond motifs is 1. The van der Waals surface area contributed by atoms with E-state index in [1.807, 2.05) is 0 Å². The fourth-order valence-electron chi connectivity index (χ4n) is 3.55. The molecule has 2 heterocycles. The molecule has 0 saturated carbocycles. The number of anilines is 2. The summed E-state index contributed by atoms with van der Waals surface area (Å²) >= 11 is -1.91. The minimum absolute atomic E-state index is 0.125. The molecule has 0 spiro atoms. The van der Waals surface area contributed by atoms with Crippen LogP contribution in [0.15, 0.2) is 48.0 Å². The van der Waals surface area contributed by atoms with E-state index in [2.05, 4.69) is 25.0 Å². The molecule has 0 radical (unpaired) electrons. The van der Waals surface area contributed by atoms with Gasteiger partial charge in [0.05, 0.1) is 11.9 Å². The molecule has 160 valence electrons. The molecule has 8 nitrogen and oxygen atoms in total. The van der Waals surface area contributed by atoms with Crippen molar-refractivity contribution in [2.75, 3.05) is 24.3 Å². The summed E-state index contributed by atoms with van der Waals surface area (Å²) in [5.74, 6) is 0.231. The Bertz CT molecular complexity index is 1110. The van der Waals surface area contributed by atoms with Crippen LogP contribution in [0.25, 0.3) is 11.1 Å². The van der Waals surface area contributed by atoms with Crippen molar-refractivity contribution in [3.8, 4) is 11.1 Å². The smallest absolute Gasteiger partial charge is 0.361 e. The third kappa shape index (κ3) is 4.44. The Hall–Kier alpha value is -3.24. The van der Waals surface area contributed by atoms with Crippen molar-refractivity contribution in [3.05, 3.63) is 59.9 Å². The van der Waals surface area contributed by atoms with Gasteiger partial charge in [-0.25, -0.2) is 9.18 Å². The average molecular weight is 441 g/mol. The second-order valence-corrected chi connectivity index (χ2v) is 8.42. The quantitative estimate of drug-likeness (QED) is 0.591. The second-order valence-electron chi connectivity index (χ2n) is 7.26. The summed E-state index contributed by atoms with van der Waals surface area (Å²) in [6.07, 6.45) is 8.16. The van der Waals surface area contributed by atoms with Crippen LogP contribution in [0, 0.1) is 5.82 Å². The topological polar surface area (TPSA) is 106 Å². The molecule has 3 aromatic rings. The first-order valence-corrected chi connectivity index (χ1v) is 10.8. The van der Waals surface area contributed by atoms with Gasteiger partial charge >= 0.3 is 6.03 Å². The van der Waals surface area contributed by atoms with E-state index in [1.54, 1.807) is 43.5 Å². The van der Waals surface area contributed by atoms with Gasteiger partial charge in [0, 0.05) is 32.1 Å².